The predicted molar refractivity (Wildman–Crippen MR) is 97.4 cm³/mol. The number of pyridine rings is 1. The molecule has 0 bridgehead atoms. The van der Waals surface area contributed by atoms with Gasteiger partial charge in [0.15, 0.2) is 0 Å². The lowest BCUT2D eigenvalue weighted by Gasteiger charge is -2.11. The van der Waals surface area contributed by atoms with Crippen LogP contribution in [0.2, 0.25) is 5.02 Å². The Labute approximate surface area is 148 Å². The van der Waals surface area contributed by atoms with E-state index in [-0.39, 0.29) is 5.56 Å². The first-order valence-electron chi connectivity index (χ1n) is 8.38. The SMILES string of the molecule is CCCCCOc1ccn(Cc2cc(OCC)ccc2Cl)c(=O)c1. The van der Waals surface area contributed by atoms with Crippen LogP contribution in [0.3, 0.4) is 0 Å². The lowest BCUT2D eigenvalue weighted by Crippen LogP contribution is -2.19. The fraction of sp³-hybridized carbons (Fsp3) is 0.421. The molecule has 0 radical (unpaired) electrons. The maximum absolute atomic E-state index is 12.3. The minimum atomic E-state index is -0.110. The summed E-state index contributed by atoms with van der Waals surface area (Å²) in [4.78, 5) is 12.3. The molecule has 4 nitrogen and oxygen atoms in total. The van der Waals surface area contributed by atoms with Gasteiger partial charge in [-0.2, -0.15) is 0 Å². The molecule has 0 amide bonds. The summed E-state index contributed by atoms with van der Waals surface area (Å²) in [5.74, 6) is 1.36. The number of ether oxygens (including phenoxy) is 2. The van der Waals surface area contributed by atoms with Gasteiger partial charge < -0.3 is 14.0 Å². The van der Waals surface area contributed by atoms with Crippen LogP contribution in [0.4, 0.5) is 0 Å². The van der Waals surface area contributed by atoms with Crippen molar-refractivity contribution in [1.82, 2.24) is 4.57 Å². The van der Waals surface area contributed by atoms with Crippen molar-refractivity contribution in [2.45, 2.75) is 39.7 Å². The summed E-state index contributed by atoms with van der Waals surface area (Å²) in [6.07, 6.45) is 5.01. The van der Waals surface area contributed by atoms with E-state index in [1.807, 2.05) is 25.1 Å². The molecule has 0 aliphatic rings. The maximum Gasteiger partial charge on any atom is 0.254 e. The molecule has 5 heteroatoms. The van der Waals surface area contributed by atoms with E-state index in [4.69, 9.17) is 21.1 Å². The third-order valence-corrected chi connectivity index (χ3v) is 4.02. The van der Waals surface area contributed by atoms with Gasteiger partial charge in [0.1, 0.15) is 11.5 Å². The molecule has 0 aliphatic carbocycles. The summed E-state index contributed by atoms with van der Waals surface area (Å²) in [5, 5.41) is 0.616. The Hall–Kier alpha value is -1.94. The minimum Gasteiger partial charge on any atom is -0.494 e. The summed E-state index contributed by atoms with van der Waals surface area (Å²) in [6.45, 7) is 5.70. The molecule has 0 saturated heterocycles. The number of rotatable bonds is 9. The highest BCUT2D eigenvalue weighted by Crippen LogP contribution is 2.23. The Morgan fingerprint density at radius 1 is 1.04 bits per heavy atom. The van der Waals surface area contributed by atoms with E-state index in [0.29, 0.717) is 30.5 Å². The van der Waals surface area contributed by atoms with Gasteiger partial charge in [-0.05, 0) is 43.2 Å². The van der Waals surface area contributed by atoms with E-state index in [9.17, 15) is 4.79 Å². The first-order chi connectivity index (χ1) is 11.6. The van der Waals surface area contributed by atoms with Crippen molar-refractivity contribution in [3.63, 3.8) is 0 Å². The van der Waals surface area contributed by atoms with Crippen molar-refractivity contribution in [1.29, 1.82) is 0 Å². The van der Waals surface area contributed by atoms with Crippen LogP contribution in [0, 0.1) is 0 Å². The van der Waals surface area contributed by atoms with Gasteiger partial charge in [0.05, 0.1) is 19.8 Å². The van der Waals surface area contributed by atoms with Gasteiger partial charge in [-0.3, -0.25) is 4.79 Å². The molecular formula is C19H24ClNO3. The average molecular weight is 350 g/mol. The number of nitrogens with zero attached hydrogens (tertiary/aromatic N) is 1. The first kappa shape index (κ1) is 18.4. The number of halogens is 1. The molecule has 0 aliphatic heterocycles. The zero-order chi connectivity index (χ0) is 17.4. The van der Waals surface area contributed by atoms with E-state index in [2.05, 4.69) is 6.92 Å². The Morgan fingerprint density at radius 3 is 2.54 bits per heavy atom. The third kappa shape index (κ3) is 5.31. The Morgan fingerprint density at radius 2 is 1.83 bits per heavy atom. The van der Waals surface area contributed by atoms with Crippen molar-refractivity contribution < 1.29 is 9.47 Å². The Kier molecular flexibility index (Phi) is 7.19. The molecule has 1 heterocycles. The van der Waals surface area contributed by atoms with Crippen molar-refractivity contribution in [2.75, 3.05) is 13.2 Å². The Bertz CT molecular complexity index is 712. The van der Waals surface area contributed by atoms with Gasteiger partial charge in [0.2, 0.25) is 0 Å². The zero-order valence-corrected chi connectivity index (χ0v) is 15.0. The van der Waals surface area contributed by atoms with Crippen LogP contribution in [-0.4, -0.2) is 17.8 Å². The van der Waals surface area contributed by atoms with Crippen LogP contribution in [0.1, 0.15) is 38.7 Å². The highest BCUT2D eigenvalue weighted by Gasteiger charge is 2.06. The van der Waals surface area contributed by atoms with Crippen LogP contribution < -0.4 is 15.0 Å². The second-order valence-corrected chi connectivity index (χ2v) is 5.98. The van der Waals surface area contributed by atoms with Crippen LogP contribution >= 0.6 is 11.6 Å². The van der Waals surface area contributed by atoms with E-state index in [0.717, 1.165) is 30.6 Å². The van der Waals surface area contributed by atoms with Gasteiger partial charge in [-0.25, -0.2) is 0 Å². The minimum absolute atomic E-state index is 0.110. The van der Waals surface area contributed by atoms with Crippen LogP contribution in [0.5, 0.6) is 11.5 Å². The van der Waals surface area contributed by atoms with Gasteiger partial charge in [-0.1, -0.05) is 31.4 Å². The quantitative estimate of drug-likeness (QED) is 0.625. The summed E-state index contributed by atoms with van der Waals surface area (Å²) in [7, 11) is 0. The summed E-state index contributed by atoms with van der Waals surface area (Å²) in [5.41, 5.74) is 0.738. The van der Waals surface area contributed by atoms with E-state index >= 15 is 0 Å². The number of benzene rings is 1. The smallest absolute Gasteiger partial charge is 0.254 e. The molecule has 0 spiro atoms. The van der Waals surface area contributed by atoms with Crippen molar-refractivity contribution in [2.24, 2.45) is 0 Å². The number of unbranched alkanes of at least 4 members (excludes halogenated alkanes) is 2. The largest absolute Gasteiger partial charge is 0.494 e. The molecule has 130 valence electrons. The maximum atomic E-state index is 12.3. The van der Waals surface area contributed by atoms with E-state index < -0.39 is 0 Å². The molecular weight excluding hydrogens is 326 g/mol. The van der Waals surface area contributed by atoms with Crippen molar-refractivity contribution >= 4 is 11.6 Å². The molecule has 0 fully saturated rings. The molecule has 0 unspecified atom stereocenters. The van der Waals surface area contributed by atoms with Gasteiger partial charge in [-0.15, -0.1) is 0 Å². The fourth-order valence-corrected chi connectivity index (χ4v) is 2.54. The molecule has 24 heavy (non-hydrogen) atoms. The van der Waals surface area contributed by atoms with Gasteiger partial charge >= 0.3 is 0 Å². The van der Waals surface area contributed by atoms with E-state index in [1.165, 1.54) is 6.07 Å². The standard InChI is InChI=1S/C19H24ClNO3/c1-3-5-6-11-24-17-9-10-21(19(22)13-17)14-15-12-16(23-4-2)7-8-18(15)20/h7-10,12-13H,3-6,11,14H2,1-2H3. The second-order valence-electron chi connectivity index (χ2n) is 5.57. The van der Waals surface area contributed by atoms with Crippen molar-refractivity contribution in [3.8, 4) is 11.5 Å². The van der Waals surface area contributed by atoms with Gasteiger partial charge in [0.25, 0.3) is 5.56 Å². The van der Waals surface area contributed by atoms with E-state index in [1.54, 1.807) is 16.8 Å². The topological polar surface area (TPSA) is 40.5 Å². The molecule has 0 atom stereocenters. The molecule has 2 aromatic rings. The normalized spacial score (nSPS) is 10.6. The van der Waals surface area contributed by atoms with Crippen molar-refractivity contribution in [3.05, 3.63) is 57.5 Å². The lowest BCUT2D eigenvalue weighted by atomic mass is 10.2. The zero-order valence-electron chi connectivity index (χ0n) is 14.3. The molecule has 0 N–H and O–H groups in total. The lowest BCUT2D eigenvalue weighted by molar-refractivity contribution is 0.305. The molecule has 2 rings (SSSR count). The summed E-state index contributed by atoms with van der Waals surface area (Å²) < 4.78 is 12.7. The number of aromatic nitrogens is 1. The highest BCUT2D eigenvalue weighted by atomic mass is 35.5. The number of hydrogen-bond acceptors (Lipinski definition) is 3. The summed E-state index contributed by atoms with van der Waals surface area (Å²) >= 11 is 6.23. The monoisotopic (exact) mass is 349 g/mol. The summed E-state index contributed by atoms with van der Waals surface area (Å²) in [6, 6.07) is 8.82. The van der Waals surface area contributed by atoms with Crippen LogP contribution in [0.25, 0.3) is 0 Å². The molecule has 0 saturated carbocycles. The number of hydrogen-bond donors (Lipinski definition) is 0. The molecule has 1 aromatic carbocycles. The Balaban J connectivity index is 2.07. The van der Waals surface area contributed by atoms with Gasteiger partial charge in [0, 0.05) is 17.3 Å². The average Bonchev–Trinajstić information content (AvgIpc) is 2.57. The third-order valence-electron chi connectivity index (χ3n) is 3.65. The molecule has 1 aromatic heterocycles. The first-order valence-corrected chi connectivity index (χ1v) is 8.76. The highest BCUT2D eigenvalue weighted by molar-refractivity contribution is 6.31. The fourth-order valence-electron chi connectivity index (χ4n) is 2.36. The second kappa shape index (κ2) is 9.38. The predicted octanol–water partition coefficient (Wildman–Crippen LogP) is 4.52. The van der Waals surface area contributed by atoms with Crippen LogP contribution in [-0.2, 0) is 6.54 Å². The van der Waals surface area contributed by atoms with Crippen LogP contribution in [0.15, 0.2) is 41.3 Å².